The molecule has 0 atom stereocenters. The minimum atomic E-state index is -0.328. The third-order valence-electron chi connectivity index (χ3n) is 7.97. The van der Waals surface area contributed by atoms with Crippen molar-refractivity contribution in [3.8, 4) is 5.75 Å². The van der Waals surface area contributed by atoms with Crippen LogP contribution in [-0.4, -0.2) is 41.6 Å². The summed E-state index contributed by atoms with van der Waals surface area (Å²) in [4.78, 5) is 2.57. The van der Waals surface area contributed by atoms with Gasteiger partial charge >= 0.3 is 0 Å². The van der Waals surface area contributed by atoms with Crippen LogP contribution in [0.5, 0.6) is 5.75 Å². The van der Waals surface area contributed by atoms with Gasteiger partial charge in [0, 0.05) is 56.7 Å². The summed E-state index contributed by atoms with van der Waals surface area (Å²) in [6.45, 7) is 8.61. The Morgan fingerprint density at radius 1 is 0.892 bits per heavy atom. The quantitative estimate of drug-likeness (QED) is 0.242. The van der Waals surface area contributed by atoms with Gasteiger partial charge in [-0.2, -0.15) is 0 Å². The first-order chi connectivity index (χ1) is 18.2. The molecule has 0 N–H and O–H groups in total. The fraction of sp³-hybridized carbons (Fsp3) is 0.562. The van der Waals surface area contributed by atoms with Crippen LogP contribution >= 0.6 is 0 Å². The van der Waals surface area contributed by atoms with Gasteiger partial charge in [0.2, 0.25) is 0 Å². The highest BCUT2D eigenvalue weighted by Gasteiger charge is 2.38. The van der Waals surface area contributed by atoms with E-state index in [0.29, 0.717) is 6.61 Å². The molecule has 5 rings (SSSR count). The lowest BCUT2D eigenvalue weighted by Crippen LogP contribution is -2.49. The molecule has 0 unspecified atom stereocenters. The van der Waals surface area contributed by atoms with Crippen LogP contribution < -0.4 is 4.74 Å². The highest BCUT2D eigenvalue weighted by molar-refractivity contribution is 5.85. The average molecular weight is 505 g/mol. The molecular weight excluding hydrogens is 460 g/mol. The first kappa shape index (κ1) is 26.3. The average Bonchev–Trinajstić information content (AvgIpc) is 3.28. The van der Waals surface area contributed by atoms with Crippen molar-refractivity contribution >= 4 is 10.9 Å². The fourth-order valence-corrected chi connectivity index (χ4v) is 5.75. The molecule has 3 aromatic rings. The number of ether oxygens (including phenoxy) is 3. The largest absolute Gasteiger partial charge is 0.489 e. The van der Waals surface area contributed by atoms with Gasteiger partial charge in [0.05, 0.1) is 18.7 Å². The molecule has 2 aliphatic rings. The molecule has 2 saturated heterocycles. The predicted octanol–water partition coefficient (Wildman–Crippen LogP) is 7.31. The third kappa shape index (κ3) is 6.95. The van der Waals surface area contributed by atoms with Crippen LogP contribution in [-0.2, 0) is 29.2 Å². The molecule has 200 valence electrons. The van der Waals surface area contributed by atoms with Gasteiger partial charge in [-0.3, -0.25) is 4.90 Å². The number of unbranched alkanes of at least 4 members (excludes halogenated alkanes) is 5. The summed E-state index contributed by atoms with van der Waals surface area (Å²) in [6.07, 6.45) is 13.2. The highest BCUT2D eigenvalue weighted by Crippen LogP contribution is 2.33. The standard InChI is InChI=1S/C32H44N2O3/c1-2-3-4-5-6-10-18-34-25-28(24-33-19-16-32(17-20-33)36-21-11-22-37-32)30-15-14-29(23-31(30)34)35-26-27-12-8-7-9-13-27/h7-9,12-15,23,25H,2-6,10-11,16-22,24,26H2,1H3. The van der Waals surface area contributed by atoms with E-state index in [1.54, 1.807) is 0 Å². The zero-order valence-electron chi connectivity index (χ0n) is 22.6. The van der Waals surface area contributed by atoms with Crippen LogP contribution in [0.15, 0.2) is 54.7 Å². The Bertz CT molecular complexity index is 1090. The molecule has 0 bridgehead atoms. The van der Waals surface area contributed by atoms with Crippen LogP contribution in [0.25, 0.3) is 10.9 Å². The second-order valence-corrected chi connectivity index (χ2v) is 10.8. The van der Waals surface area contributed by atoms with Crippen LogP contribution in [0.3, 0.4) is 0 Å². The predicted molar refractivity (Wildman–Crippen MR) is 150 cm³/mol. The van der Waals surface area contributed by atoms with Crippen LogP contribution in [0.1, 0.15) is 75.8 Å². The summed E-state index contributed by atoms with van der Waals surface area (Å²) in [5, 5.41) is 1.35. The Balaban J connectivity index is 1.27. The topological polar surface area (TPSA) is 35.9 Å². The van der Waals surface area contributed by atoms with E-state index >= 15 is 0 Å². The second kappa shape index (κ2) is 12.9. The Labute approximate surface area is 222 Å². The molecule has 5 heteroatoms. The van der Waals surface area contributed by atoms with Gasteiger partial charge in [-0.15, -0.1) is 0 Å². The molecule has 2 aromatic carbocycles. The van der Waals surface area contributed by atoms with Gasteiger partial charge in [-0.1, -0.05) is 69.4 Å². The zero-order valence-corrected chi connectivity index (χ0v) is 22.6. The second-order valence-electron chi connectivity index (χ2n) is 10.8. The number of aromatic nitrogens is 1. The number of piperidine rings is 1. The normalized spacial score (nSPS) is 18.0. The molecule has 0 aliphatic carbocycles. The lowest BCUT2D eigenvalue weighted by molar-refractivity contribution is -0.284. The van der Waals surface area contributed by atoms with Gasteiger partial charge in [-0.05, 0) is 36.1 Å². The summed E-state index contributed by atoms with van der Waals surface area (Å²) in [7, 11) is 0. The summed E-state index contributed by atoms with van der Waals surface area (Å²) >= 11 is 0. The maximum atomic E-state index is 6.20. The molecule has 2 aliphatic heterocycles. The van der Waals surface area contributed by atoms with Gasteiger partial charge < -0.3 is 18.8 Å². The molecule has 1 spiro atoms. The van der Waals surface area contributed by atoms with E-state index in [0.717, 1.165) is 64.4 Å². The monoisotopic (exact) mass is 504 g/mol. The maximum absolute atomic E-state index is 6.20. The molecular formula is C32H44N2O3. The lowest BCUT2D eigenvalue weighted by atomic mass is 10.0. The van der Waals surface area contributed by atoms with Crippen LogP contribution in [0.2, 0.25) is 0 Å². The van der Waals surface area contributed by atoms with E-state index in [-0.39, 0.29) is 5.79 Å². The highest BCUT2D eigenvalue weighted by atomic mass is 16.7. The minimum absolute atomic E-state index is 0.328. The number of rotatable bonds is 12. The summed E-state index contributed by atoms with van der Waals surface area (Å²) in [5.41, 5.74) is 3.90. The number of hydrogen-bond donors (Lipinski definition) is 0. The van der Waals surface area contributed by atoms with E-state index < -0.39 is 0 Å². The number of aryl methyl sites for hydroxylation is 1. The van der Waals surface area contributed by atoms with Crippen molar-refractivity contribution in [3.63, 3.8) is 0 Å². The third-order valence-corrected chi connectivity index (χ3v) is 7.97. The van der Waals surface area contributed by atoms with Crippen LogP contribution in [0, 0.1) is 0 Å². The minimum Gasteiger partial charge on any atom is -0.489 e. The Morgan fingerprint density at radius 2 is 1.65 bits per heavy atom. The van der Waals surface area contributed by atoms with Gasteiger partial charge in [-0.25, -0.2) is 0 Å². The SMILES string of the molecule is CCCCCCCCn1cc(CN2CCC3(CC2)OCCCO3)c2ccc(OCc3ccccc3)cc21. The first-order valence-corrected chi connectivity index (χ1v) is 14.5. The first-order valence-electron chi connectivity index (χ1n) is 14.5. The Hall–Kier alpha value is -2.34. The van der Waals surface area contributed by atoms with Crippen molar-refractivity contribution in [2.24, 2.45) is 0 Å². The van der Waals surface area contributed by atoms with Crippen molar-refractivity contribution < 1.29 is 14.2 Å². The van der Waals surface area contributed by atoms with E-state index in [2.05, 4.69) is 65.1 Å². The van der Waals surface area contributed by atoms with Crippen molar-refractivity contribution in [2.45, 2.75) is 90.2 Å². The van der Waals surface area contributed by atoms with E-state index in [4.69, 9.17) is 14.2 Å². The molecule has 0 radical (unpaired) electrons. The lowest BCUT2D eigenvalue weighted by Gasteiger charge is -2.43. The number of nitrogens with zero attached hydrogens (tertiary/aromatic N) is 2. The van der Waals surface area contributed by atoms with Gasteiger partial charge in [0.15, 0.2) is 5.79 Å². The number of fused-ring (bicyclic) bond motifs is 1. The number of benzene rings is 2. The summed E-state index contributed by atoms with van der Waals surface area (Å²) < 4.78 is 20.8. The smallest absolute Gasteiger partial charge is 0.170 e. The van der Waals surface area contributed by atoms with E-state index in [1.807, 2.05) is 6.07 Å². The van der Waals surface area contributed by atoms with Crippen molar-refractivity contribution in [2.75, 3.05) is 26.3 Å². The molecule has 5 nitrogen and oxygen atoms in total. The van der Waals surface area contributed by atoms with Crippen LogP contribution in [0.4, 0.5) is 0 Å². The summed E-state index contributed by atoms with van der Waals surface area (Å²) in [6, 6.07) is 17.1. The number of hydrogen-bond acceptors (Lipinski definition) is 4. The van der Waals surface area contributed by atoms with Crippen molar-refractivity contribution in [1.29, 1.82) is 0 Å². The maximum Gasteiger partial charge on any atom is 0.170 e. The van der Waals surface area contributed by atoms with Gasteiger partial charge in [0.1, 0.15) is 12.4 Å². The summed E-state index contributed by atoms with van der Waals surface area (Å²) in [5.74, 6) is 0.614. The molecule has 3 heterocycles. The fourth-order valence-electron chi connectivity index (χ4n) is 5.75. The van der Waals surface area contributed by atoms with E-state index in [1.165, 1.54) is 60.6 Å². The Morgan fingerprint density at radius 3 is 2.43 bits per heavy atom. The molecule has 2 fully saturated rings. The number of likely N-dealkylation sites (tertiary alicyclic amines) is 1. The Kier molecular flexibility index (Phi) is 9.19. The van der Waals surface area contributed by atoms with Crippen molar-refractivity contribution in [1.82, 2.24) is 9.47 Å². The zero-order chi connectivity index (χ0) is 25.3. The van der Waals surface area contributed by atoms with E-state index in [9.17, 15) is 0 Å². The molecule has 37 heavy (non-hydrogen) atoms. The molecule has 0 amide bonds. The molecule has 1 aromatic heterocycles. The molecule has 0 saturated carbocycles. The van der Waals surface area contributed by atoms with Crippen molar-refractivity contribution in [3.05, 3.63) is 65.9 Å². The van der Waals surface area contributed by atoms with Gasteiger partial charge in [0.25, 0.3) is 0 Å².